The van der Waals surface area contributed by atoms with Gasteiger partial charge in [-0.3, -0.25) is 14.5 Å². The van der Waals surface area contributed by atoms with Crippen LogP contribution >= 0.6 is 34.4 Å². The van der Waals surface area contributed by atoms with Crippen molar-refractivity contribution in [1.29, 1.82) is 0 Å². The first-order valence-electron chi connectivity index (χ1n) is 14.2. The van der Waals surface area contributed by atoms with E-state index in [1.54, 1.807) is 11.8 Å². The van der Waals surface area contributed by atoms with E-state index in [0.29, 0.717) is 30.3 Å². The van der Waals surface area contributed by atoms with E-state index in [1.165, 1.54) is 22.7 Å². The number of nitrogens with one attached hydrogen (secondary N) is 1. The first-order chi connectivity index (χ1) is 21.1. The molecule has 0 spiro atoms. The van der Waals surface area contributed by atoms with Crippen molar-refractivity contribution < 1.29 is 19.1 Å². The van der Waals surface area contributed by atoms with Crippen LogP contribution in [0.25, 0.3) is 0 Å². The molecule has 1 fully saturated rings. The maximum Gasteiger partial charge on any atom is 0.230 e. The van der Waals surface area contributed by atoms with Crippen molar-refractivity contribution in [1.82, 2.24) is 25.3 Å². The standard InChI is InChI=1S/C30H34N6O4S3/c37-24(17-22-5-2-1-3-6-22)20-28-33-32-27(42-28)9-16-41-21-29-34-35-30(43-29)31-26(38)19-23-7-4-8-25(18-23)40-15-12-36-10-13-39-14-11-36/h1-8,18H,9-17,19-21H2,(H,31,35,38). The van der Waals surface area contributed by atoms with Gasteiger partial charge in [0.15, 0.2) is 0 Å². The van der Waals surface area contributed by atoms with Gasteiger partial charge < -0.3 is 14.8 Å². The second kappa shape index (κ2) is 16.6. The van der Waals surface area contributed by atoms with Crippen molar-refractivity contribution >= 4 is 51.3 Å². The van der Waals surface area contributed by atoms with Gasteiger partial charge in [-0.1, -0.05) is 53.8 Å². The zero-order valence-corrected chi connectivity index (χ0v) is 26.2. The Balaban J connectivity index is 0.976. The summed E-state index contributed by atoms with van der Waals surface area (Å²) in [7, 11) is 0. The molecule has 0 aliphatic carbocycles. The number of aryl methyl sites for hydroxylation is 1. The molecule has 1 amide bonds. The molecule has 1 N–H and O–H groups in total. The fourth-order valence-corrected chi connectivity index (χ4v) is 7.16. The highest BCUT2D eigenvalue weighted by atomic mass is 32.2. The summed E-state index contributed by atoms with van der Waals surface area (Å²) in [5.41, 5.74) is 1.89. The van der Waals surface area contributed by atoms with Crippen molar-refractivity contribution in [3.8, 4) is 5.75 Å². The third kappa shape index (κ3) is 10.8. The fourth-order valence-electron chi connectivity index (χ4n) is 4.41. The largest absolute Gasteiger partial charge is 0.492 e. The summed E-state index contributed by atoms with van der Waals surface area (Å²) in [5, 5.41) is 22.7. The predicted molar refractivity (Wildman–Crippen MR) is 170 cm³/mol. The van der Waals surface area contributed by atoms with Crippen molar-refractivity contribution in [3.63, 3.8) is 0 Å². The second-order valence-electron chi connectivity index (χ2n) is 9.95. The van der Waals surface area contributed by atoms with Crippen LogP contribution in [0.1, 0.15) is 26.1 Å². The summed E-state index contributed by atoms with van der Waals surface area (Å²) in [4.78, 5) is 27.3. The number of carbonyl (C=O) groups excluding carboxylic acids is 2. The van der Waals surface area contributed by atoms with Gasteiger partial charge in [-0.05, 0) is 23.3 Å². The van der Waals surface area contributed by atoms with Crippen LogP contribution in [0.5, 0.6) is 5.75 Å². The highest BCUT2D eigenvalue weighted by molar-refractivity contribution is 7.98. The quantitative estimate of drug-likeness (QED) is 0.180. The Labute approximate surface area is 263 Å². The Morgan fingerprint density at radius 1 is 0.884 bits per heavy atom. The molecule has 226 valence electrons. The Morgan fingerprint density at radius 3 is 2.53 bits per heavy atom. The summed E-state index contributed by atoms with van der Waals surface area (Å²) < 4.78 is 11.3. The van der Waals surface area contributed by atoms with E-state index < -0.39 is 0 Å². The number of ketones is 1. The SMILES string of the molecule is O=C(Cc1ccccc1)Cc1nnc(CCSCc2nnc(NC(=O)Cc3cccc(OCCN4CCOCC4)c3)s2)s1. The molecular weight excluding hydrogens is 605 g/mol. The number of thioether (sulfide) groups is 1. The van der Waals surface area contributed by atoms with Crippen molar-refractivity contribution in [2.75, 3.05) is 50.5 Å². The molecule has 0 atom stereocenters. The molecule has 3 heterocycles. The minimum absolute atomic E-state index is 0.139. The maximum atomic E-state index is 12.6. The molecule has 0 saturated carbocycles. The second-order valence-corrected chi connectivity index (χ2v) is 13.3. The first-order valence-corrected chi connectivity index (χ1v) is 17.0. The lowest BCUT2D eigenvalue weighted by atomic mass is 10.1. The van der Waals surface area contributed by atoms with Crippen LogP contribution in [0.3, 0.4) is 0 Å². The summed E-state index contributed by atoms with van der Waals surface area (Å²) in [6, 6.07) is 17.4. The van der Waals surface area contributed by atoms with E-state index in [2.05, 4.69) is 30.6 Å². The normalized spacial score (nSPS) is 13.6. The Kier molecular flexibility index (Phi) is 12.0. The topological polar surface area (TPSA) is 119 Å². The number of morpholine rings is 1. The van der Waals surface area contributed by atoms with E-state index in [4.69, 9.17) is 9.47 Å². The number of nitrogens with zero attached hydrogens (tertiary/aromatic N) is 5. The lowest BCUT2D eigenvalue weighted by molar-refractivity contribution is -0.118. The predicted octanol–water partition coefficient (Wildman–Crippen LogP) is 4.11. The van der Waals surface area contributed by atoms with Gasteiger partial charge in [-0.2, -0.15) is 11.8 Å². The number of rotatable bonds is 16. The molecule has 1 aliphatic heterocycles. The van der Waals surface area contributed by atoms with Crippen molar-refractivity contribution in [3.05, 3.63) is 80.7 Å². The molecule has 1 saturated heterocycles. The van der Waals surface area contributed by atoms with E-state index >= 15 is 0 Å². The Hall–Kier alpha value is -3.23. The molecule has 43 heavy (non-hydrogen) atoms. The molecule has 0 unspecified atom stereocenters. The first kappa shape index (κ1) is 31.2. The minimum Gasteiger partial charge on any atom is -0.492 e. The number of Topliss-reactive ketones (excluding diaryl/α,β-unsaturated/α-hetero) is 1. The molecule has 4 aromatic rings. The zero-order valence-electron chi connectivity index (χ0n) is 23.8. The smallest absolute Gasteiger partial charge is 0.230 e. The number of ether oxygens (including phenoxy) is 2. The number of benzene rings is 2. The molecule has 1 aliphatic rings. The maximum absolute atomic E-state index is 12.6. The minimum atomic E-state index is -0.143. The lowest BCUT2D eigenvalue weighted by Gasteiger charge is -2.26. The van der Waals surface area contributed by atoms with E-state index in [0.717, 1.165) is 76.9 Å². The van der Waals surface area contributed by atoms with Gasteiger partial charge in [0, 0.05) is 44.0 Å². The van der Waals surface area contributed by atoms with Gasteiger partial charge in [0.25, 0.3) is 0 Å². The van der Waals surface area contributed by atoms with Gasteiger partial charge in [0.05, 0.1) is 26.1 Å². The van der Waals surface area contributed by atoms with E-state index in [-0.39, 0.29) is 18.1 Å². The molecule has 2 aromatic heterocycles. The van der Waals surface area contributed by atoms with Gasteiger partial charge in [0.1, 0.15) is 33.2 Å². The summed E-state index contributed by atoms with van der Waals surface area (Å²) >= 11 is 4.60. The fraction of sp³-hybridized carbons (Fsp3) is 0.400. The molecule has 13 heteroatoms. The molecule has 2 aromatic carbocycles. The average molecular weight is 639 g/mol. The summed E-state index contributed by atoms with van der Waals surface area (Å²) in [5.74, 6) is 2.29. The molecule has 5 rings (SSSR count). The van der Waals surface area contributed by atoms with Crippen LogP contribution in [-0.4, -0.2) is 82.2 Å². The third-order valence-electron chi connectivity index (χ3n) is 6.54. The molecule has 10 nitrogen and oxygen atoms in total. The number of carbonyl (C=O) groups is 2. The molecular formula is C30H34N6O4S3. The van der Waals surface area contributed by atoms with E-state index in [1.807, 2.05) is 54.6 Å². The third-order valence-corrected chi connectivity index (χ3v) is 9.52. The zero-order chi connectivity index (χ0) is 29.7. The average Bonchev–Trinajstić information content (AvgIpc) is 3.65. The number of amides is 1. The number of aromatic nitrogens is 4. The van der Waals surface area contributed by atoms with Crippen LogP contribution in [0.15, 0.2) is 54.6 Å². The number of hydrogen-bond acceptors (Lipinski definition) is 12. The van der Waals surface area contributed by atoms with Crippen molar-refractivity contribution in [2.24, 2.45) is 0 Å². The van der Waals surface area contributed by atoms with Crippen LogP contribution in [0, 0.1) is 0 Å². The highest BCUT2D eigenvalue weighted by Crippen LogP contribution is 2.22. The van der Waals surface area contributed by atoms with E-state index in [9.17, 15) is 9.59 Å². The van der Waals surface area contributed by atoms with Gasteiger partial charge in [-0.25, -0.2) is 0 Å². The number of anilines is 1. The van der Waals surface area contributed by atoms with Gasteiger partial charge in [-0.15, -0.1) is 31.7 Å². The Morgan fingerprint density at radius 2 is 1.67 bits per heavy atom. The van der Waals surface area contributed by atoms with Crippen LogP contribution in [0.2, 0.25) is 0 Å². The lowest BCUT2D eigenvalue weighted by Crippen LogP contribution is -2.38. The summed E-state index contributed by atoms with van der Waals surface area (Å²) in [6.45, 7) is 4.85. The summed E-state index contributed by atoms with van der Waals surface area (Å²) in [6.07, 6.45) is 1.72. The highest BCUT2D eigenvalue weighted by Gasteiger charge is 2.13. The molecule has 0 radical (unpaired) electrons. The van der Waals surface area contributed by atoms with Gasteiger partial charge in [0.2, 0.25) is 11.0 Å². The van der Waals surface area contributed by atoms with Crippen LogP contribution in [-0.2, 0) is 45.8 Å². The van der Waals surface area contributed by atoms with Crippen LogP contribution in [0.4, 0.5) is 5.13 Å². The van der Waals surface area contributed by atoms with Crippen molar-refractivity contribution in [2.45, 2.75) is 31.4 Å². The monoisotopic (exact) mass is 638 g/mol. The molecule has 0 bridgehead atoms. The number of hydrogen-bond donors (Lipinski definition) is 1. The Bertz CT molecular complexity index is 1460. The van der Waals surface area contributed by atoms with Gasteiger partial charge >= 0.3 is 0 Å². The van der Waals surface area contributed by atoms with Crippen LogP contribution < -0.4 is 10.1 Å².